The number of hydrogen-bond donors (Lipinski definition) is 0. The van der Waals surface area contributed by atoms with Crippen LogP contribution in [0.1, 0.15) is 50.7 Å². The van der Waals surface area contributed by atoms with Gasteiger partial charge in [-0.1, -0.05) is 142 Å². The summed E-state index contributed by atoms with van der Waals surface area (Å²) in [6.45, 7) is 11.7. The normalized spacial score (nSPS) is 13.3. The summed E-state index contributed by atoms with van der Waals surface area (Å²) in [6, 6.07) is 42.2. The number of pyridine rings is 2. The van der Waals surface area contributed by atoms with Crippen LogP contribution in [0.3, 0.4) is 0 Å². The quantitative estimate of drug-likeness (QED) is 0.113. The number of hydrogen-bond acceptors (Lipinski definition) is 3. The van der Waals surface area contributed by atoms with Crippen molar-refractivity contribution in [2.45, 2.75) is 72.0 Å². The van der Waals surface area contributed by atoms with Gasteiger partial charge in [-0.15, -0.1) is 54.1 Å². The van der Waals surface area contributed by atoms with E-state index in [1.54, 1.807) is 10.8 Å². The Morgan fingerprint density at radius 3 is 2.27 bits per heavy atom. The number of para-hydroxylation sites is 1. The average Bonchev–Trinajstić information content (AvgIpc) is 3.80. The molecule has 1 saturated carbocycles. The van der Waals surface area contributed by atoms with Crippen molar-refractivity contribution in [1.82, 2.24) is 9.97 Å². The molecule has 3 heterocycles. The second-order valence-corrected chi connectivity index (χ2v) is 20.5. The maximum absolute atomic E-state index is 6.47. The third-order valence-electron chi connectivity index (χ3n) is 10.0. The van der Waals surface area contributed by atoms with Crippen molar-refractivity contribution in [1.29, 1.82) is 0 Å². The van der Waals surface area contributed by atoms with Gasteiger partial charge in [0, 0.05) is 43.4 Å². The summed E-state index contributed by atoms with van der Waals surface area (Å²) in [6.07, 6.45) is 11.9. The van der Waals surface area contributed by atoms with Crippen LogP contribution in [0.4, 0.5) is 0 Å². The Balaban J connectivity index is 0.000000182. The molecule has 1 aliphatic rings. The van der Waals surface area contributed by atoms with Crippen LogP contribution in [-0.2, 0) is 32.9 Å². The third kappa shape index (κ3) is 8.55. The van der Waals surface area contributed by atoms with Crippen molar-refractivity contribution >= 4 is 35.2 Å². The Kier molecular flexibility index (Phi) is 12.1. The number of rotatable bonds is 8. The third-order valence-corrected chi connectivity index (χ3v) is 12.1. The van der Waals surface area contributed by atoms with Gasteiger partial charge in [0.1, 0.15) is 5.58 Å². The first kappa shape index (κ1) is 37.6. The van der Waals surface area contributed by atoms with Crippen LogP contribution in [0.2, 0.25) is 19.6 Å². The van der Waals surface area contributed by atoms with Crippen molar-refractivity contribution in [3.05, 3.63) is 139 Å². The fourth-order valence-corrected chi connectivity index (χ4v) is 9.16. The molecular formula is C47H48IrN2OSi-2. The molecule has 0 unspecified atom stereocenters. The summed E-state index contributed by atoms with van der Waals surface area (Å²) in [4.78, 5) is 9.38. The molecule has 0 N–H and O–H groups in total. The van der Waals surface area contributed by atoms with Gasteiger partial charge in [-0.05, 0) is 52.9 Å². The molecule has 52 heavy (non-hydrogen) atoms. The number of benzene rings is 4. The topological polar surface area (TPSA) is 38.9 Å². The van der Waals surface area contributed by atoms with E-state index in [1.807, 2.05) is 30.5 Å². The van der Waals surface area contributed by atoms with E-state index < -0.39 is 8.07 Å². The van der Waals surface area contributed by atoms with E-state index in [4.69, 9.17) is 9.40 Å². The van der Waals surface area contributed by atoms with Crippen LogP contribution in [-0.4, -0.2) is 18.0 Å². The van der Waals surface area contributed by atoms with Gasteiger partial charge >= 0.3 is 0 Å². The molecule has 3 aromatic heterocycles. The predicted octanol–water partition coefficient (Wildman–Crippen LogP) is 12.1. The van der Waals surface area contributed by atoms with Crippen LogP contribution in [0, 0.1) is 24.0 Å². The molecule has 0 spiro atoms. The van der Waals surface area contributed by atoms with Gasteiger partial charge in [0.2, 0.25) is 0 Å². The van der Waals surface area contributed by atoms with Gasteiger partial charge in [-0.3, -0.25) is 0 Å². The Bertz CT molecular complexity index is 2230. The second kappa shape index (κ2) is 16.7. The van der Waals surface area contributed by atoms with Crippen molar-refractivity contribution in [3.8, 4) is 33.6 Å². The van der Waals surface area contributed by atoms with Gasteiger partial charge < -0.3 is 14.4 Å². The van der Waals surface area contributed by atoms with Gasteiger partial charge in [0.15, 0.2) is 0 Å². The minimum absolute atomic E-state index is 0. The van der Waals surface area contributed by atoms with E-state index in [-0.39, 0.29) is 20.1 Å². The van der Waals surface area contributed by atoms with Crippen molar-refractivity contribution in [2.75, 3.05) is 0 Å². The zero-order chi connectivity index (χ0) is 35.4. The zero-order valence-corrected chi connectivity index (χ0v) is 34.4. The van der Waals surface area contributed by atoms with Gasteiger partial charge in [-0.25, -0.2) is 0 Å². The summed E-state index contributed by atoms with van der Waals surface area (Å²) in [7, 11) is -1.35. The molecule has 3 nitrogen and oxygen atoms in total. The van der Waals surface area contributed by atoms with E-state index in [9.17, 15) is 0 Å². The molecule has 0 saturated heterocycles. The molecule has 7 aromatic rings. The molecule has 8 rings (SSSR count). The van der Waals surface area contributed by atoms with E-state index in [0.29, 0.717) is 5.92 Å². The molecule has 1 radical (unpaired) electrons. The molecule has 1 fully saturated rings. The van der Waals surface area contributed by atoms with Gasteiger partial charge in [0.05, 0.1) is 13.7 Å². The molecule has 267 valence electrons. The summed E-state index contributed by atoms with van der Waals surface area (Å²) < 4.78 is 6.47. The minimum Gasteiger partial charge on any atom is -0.500 e. The van der Waals surface area contributed by atoms with Crippen molar-refractivity contribution in [3.63, 3.8) is 0 Å². The van der Waals surface area contributed by atoms with Crippen LogP contribution < -0.4 is 5.19 Å². The first-order valence-electron chi connectivity index (χ1n) is 18.6. The van der Waals surface area contributed by atoms with Crippen molar-refractivity contribution < 1.29 is 24.5 Å². The SMILES string of the molecule is CC(C)Cc1ccnc(-c2[c-]ccc3c2oc2c(-c4ccccc4)cccc23)c1.C[Si](C)(C)c1cnc(-c2[c-]cccc2)cc1CC1CCCC1.[Ir]. The number of aromatic nitrogens is 2. The molecule has 0 aliphatic heterocycles. The van der Waals surface area contributed by atoms with Gasteiger partial charge in [0.25, 0.3) is 0 Å². The van der Waals surface area contributed by atoms with E-state index in [1.165, 1.54) is 37.7 Å². The fourth-order valence-electron chi connectivity index (χ4n) is 7.57. The molecule has 5 heteroatoms. The fraction of sp³-hybridized carbons (Fsp3) is 0.277. The van der Waals surface area contributed by atoms with Crippen LogP contribution in [0.5, 0.6) is 0 Å². The first-order chi connectivity index (χ1) is 24.7. The number of nitrogens with zero attached hydrogens (tertiary/aromatic N) is 2. The second-order valence-electron chi connectivity index (χ2n) is 15.5. The Labute approximate surface area is 324 Å². The van der Waals surface area contributed by atoms with E-state index in [0.717, 1.165) is 67.9 Å². The van der Waals surface area contributed by atoms with E-state index >= 15 is 0 Å². The monoisotopic (exact) mass is 877 g/mol. The zero-order valence-electron chi connectivity index (χ0n) is 31.0. The number of fused-ring (bicyclic) bond motifs is 3. The van der Waals surface area contributed by atoms with Crippen LogP contribution in [0.15, 0.2) is 120 Å². The Morgan fingerprint density at radius 2 is 1.54 bits per heavy atom. The molecule has 1 aliphatic carbocycles. The standard InChI is InChI=1S/C27H22NO.C20H26NSi.Ir/c1-18(2)16-19-14-15-28-25(17-19)24-13-7-12-23-22-11-6-10-21(26(22)29-27(23)24)20-8-4-3-5-9-20;1-22(2,3)20-15-21-19(17-11-5-4-6-12-17)14-18(20)13-16-9-7-8-10-16;/h3-12,14-15,17-18H,16H2,1-2H3;4-6,11,14-16H,7-10,13H2,1-3H3;/q2*-1;. The maximum atomic E-state index is 6.47. The minimum atomic E-state index is -1.35. The Hall–Kier alpha value is -4.15. The van der Waals surface area contributed by atoms with E-state index in [2.05, 4.69) is 136 Å². The predicted molar refractivity (Wildman–Crippen MR) is 217 cm³/mol. The smallest absolute Gasteiger partial charge is 0.128 e. The molecule has 0 amide bonds. The maximum Gasteiger partial charge on any atom is 0.128 e. The first-order valence-corrected chi connectivity index (χ1v) is 22.1. The van der Waals surface area contributed by atoms with Gasteiger partial charge in [-0.2, -0.15) is 0 Å². The van der Waals surface area contributed by atoms with Crippen LogP contribution >= 0.6 is 0 Å². The Morgan fingerprint density at radius 1 is 0.769 bits per heavy atom. The summed E-state index contributed by atoms with van der Waals surface area (Å²) in [5.41, 5.74) is 10.9. The molecule has 0 bridgehead atoms. The average molecular weight is 877 g/mol. The van der Waals surface area contributed by atoms with Crippen molar-refractivity contribution in [2.24, 2.45) is 11.8 Å². The summed E-state index contributed by atoms with van der Waals surface area (Å²) >= 11 is 0. The molecule has 4 aromatic carbocycles. The largest absolute Gasteiger partial charge is 0.500 e. The summed E-state index contributed by atoms with van der Waals surface area (Å²) in [5, 5.41) is 3.76. The number of furan rings is 1. The molecule has 0 atom stereocenters. The summed E-state index contributed by atoms with van der Waals surface area (Å²) in [5.74, 6) is 1.48. The van der Waals surface area contributed by atoms with Crippen LogP contribution in [0.25, 0.3) is 55.6 Å². The molecular weight excluding hydrogens is 829 g/mol.